The molecule has 20 heavy (non-hydrogen) atoms. The maximum Gasteiger partial charge on any atom is 0.306 e. The minimum Gasteiger partial charge on any atom is -0.481 e. The van der Waals surface area contributed by atoms with Gasteiger partial charge in [0.2, 0.25) is 11.8 Å². The molecule has 2 unspecified atom stereocenters. The average molecular weight is 282 g/mol. The molecule has 0 bridgehead atoms. The second kappa shape index (κ2) is 6.24. The molecule has 2 aliphatic rings. The zero-order valence-corrected chi connectivity index (χ0v) is 11.8. The van der Waals surface area contributed by atoms with Crippen LogP contribution in [-0.4, -0.2) is 46.9 Å². The molecule has 6 nitrogen and oxygen atoms in total. The summed E-state index contributed by atoms with van der Waals surface area (Å²) in [5, 5.41) is 11.6. The van der Waals surface area contributed by atoms with Gasteiger partial charge in [0.15, 0.2) is 0 Å². The highest BCUT2D eigenvalue weighted by molar-refractivity contribution is 5.89. The maximum atomic E-state index is 12.0. The fraction of sp³-hybridized carbons (Fsp3) is 0.786. The molecule has 6 heteroatoms. The molecule has 0 radical (unpaired) electrons. The lowest BCUT2D eigenvalue weighted by Crippen LogP contribution is -2.34. The second-order valence-electron chi connectivity index (χ2n) is 5.85. The molecular weight excluding hydrogens is 260 g/mol. The van der Waals surface area contributed by atoms with E-state index < -0.39 is 5.97 Å². The van der Waals surface area contributed by atoms with E-state index in [2.05, 4.69) is 5.32 Å². The van der Waals surface area contributed by atoms with Crippen molar-refractivity contribution in [1.29, 1.82) is 0 Å². The number of amides is 2. The first kappa shape index (κ1) is 14.8. The molecule has 2 rings (SSSR count). The molecule has 2 atom stereocenters. The van der Waals surface area contributed by atoms with E-state index in [0.717, 1.165) is 12.8 Å². The highest BCUT2D eigenvalue weighted by atomic mass is 16.4. The van der Waals surface area contributed by atoms with Crippen LogP contribution < -0.4 is 5.32 Å². The van der Waals surface area contributed by atoms with Crippen LogP contribution in [0.15, 0.2) is 0 Å². The summed E-state index contributed by atoms with van der Waals surface area (Å²) in [5.74, 6) is -1.42. The van der Waals surface area contributed by atoms with Crippen molar-refractivity contribution in [2.75, 3.05) is 13.1 Å². The lowest BCUT2D eigenvalue weighted by Gasteiger charge is -2.15. The average Bonchev–Trinajstić information content (AvgIpc) is 3.17. The van der Waals surface area contributed by atoms with Gasteiger partial charge in [-0.05, 0) is 25.7 Å². The fourth-order valence-electron chi connectivity index (χ4n) is 2.53. The summed E-state index contributed by atoms with van der Waals surface area (Å²) in [4.78, 5) is 36.2. The number of carbonyl (C=O) groups is 3. The minimum absolute atomic E-state index is 0.0792. The minimum atomic E-state index is -0.808. The van der Waals surface area contributed by atoms with Gasteiger partial charge >= 0.3 is 5.97 Å². The van der Waals surface area contributed by atoms with Crippen LogP contribution >= 0.6 is 0 Å². The Hall–Kier alpha value is -1.59. The van der Waals surface area contributed by atoms with Crippen LogP contribution in [0.1, 0.15) is 39.0 Å². The predicted molar refractivity (Wildman–Crippen MR) is 71.9 cm³/mol. The lowest BCUT2D eigenvalue weighted by atomic mass is 10.1. The summed E-state index contributed by atoms with van der Waals surface area (Å²) >= 11 is 0. The molecular formula is C14H22N2O4. The van der Waals surface area contributed by atoms with E-state index in [0.29, 0.717) is 38.4 Å². The number of nitrogens with zero attached hydrogens (tertiary/aromatic N) is 1. The molecule has 2 N–H and O–H groups in total. The Morgan fingerprint density at radius 1 is 1.45 bits per heavy atom. The van der Waals surface area contributed by atoms with Crippen molar-refractivity contribution in [3.05, 3.63) is 0 Å². The van der Waals surface area contributed by atoms with E-state index in [1.807, 2.05) is 4.90 Å². The molecule has 0 spiro atoms. The summed E-state index contributed by atoms with van der Waals surface area (Å²) in [7, 11) is 0. The number of hydrogen-bond donors (Lipinski definition) is 2. The van der Waals surface area contributed by atoms with Gasteiger partial charge in [-0.1, -0.05) is 6.92 Å². The Morgan fingerprint density at radius 2 is 2.15 bits per heavy atom. The Bertz CT molecular complexity index is 406. The van der Waals surface area contributed by atoms with Crippen molar-refractivity contribution in [1.82, 2.24) is 10.2 Å². The second-order valence-corrected chi connectivity index (χ2v) is 5.85. The number of aliphatic carboxylic acids is 1. The molecule has 1 aliphatic carbocycles. The molecule has 2 fully saturated rings. The molecule has 1 heterocycles. The molecule has 2 amide bonds. The van der Waals surface area contributed by atoms with Crippen LogP contribution in [0.25, 0.3) is 0 Å². The number of carboxylic acid groups (broad SMARTS) is 1. The van der Waals surface area contributed by atoms with Gasteiger partial charge in [-0.2, -0.15) is 0 Å². The number of rotatable bonds is 7. The molecule has 1 saturated heterocycles. The van der Waals surface area contributed by atoms with Gasteiger partial charge in [0.1, 0.15) is 0 Å². The maximum absolute atomic E-state index is 12.0. The third-order valence-electron chi connectivity index (χ3n) is 4.05. The first-order valence-electron chi connectivity index (χ1n) is 7.29. The van der Waals surface area contributed by atoms with Gasteiger partial charge in [0, 0.05) is 25.6 Å². The summed E-state index contributed by atoms with van der Waals surface area (Å²) in [5.41, 5.74) is 0. The van der Waals surface area contributed by atoms with Crippen molar-refractivity contribution in [2.45, 2.75) is 45.1 Å². The number of carboxylic acids is 1. The van der Waals surface area contributed by atoms with Crippen LogP contribution in [-0.2, 0) is 14.4 Å². The molecule has 1 saturated carbocycles. The van der Waals surface area contributed by atoms with E-state index >= 15 is 0 Å². The lowest BCUT2D eigenvalue weighted by molar-refractivity contribution is -0.141. The van der Waals surface area contributed by atoms with Crippen molar-refractivity contribution in [3.8, 4) is 0 Å². The predicted octanol–water partition coefficient (Wildman–Crippen LogP) is 0.614. The summed E-state index contributed by atoms with van der Waals surface area (Å²) in [6.07, 6.45) is 3.63. The monoisotopic (exact) mass is 282 g/mol. The summed E-state index contributed by atoms with van der Waals surface area (Å²) < 4.78 is 0. The molecule has 0 aromatic rings. The van der Waals surface area contributed by atoms with Crippen LogP contribution in [0, 0.1) is 11.8 Å². The first-order valence-corrected chi connectivity index (χ1v) is 7.29. The molecule has 0 aromatic heterocycles. The number of likely N-dealkylation sites (tertiary alicyclic amines) is 1. The van der Waals surface area contributed by atoms with Crippen LogP contribution in [0.3, 0.4) is 0 Å². The Labute approximate surface area is 118 Å². The Balaban J connectivity index is 1.65. The Morgan fingerprint density at radius 3 is 2.75 bits per heavy atom. The van der Waals surface area contributed by atoms with Crippen molar-refractivity contribution in [2.24, 2.45) is 11.8 Å². The van der Waals surface area contributed by atoms with E-state index in [1.165, 1.54) is 0 Å². The van der Waals surface area contributed by atoms with E-state index in [1.54, 1.807) is 6.92 Å². The number of hydrogen-bond acceptors (Lipinski definition) is 3. The van der Waals surface area contributed by atoms with Gasteiger partial charge in [-0.15, -0.1) is 0 Å². The topological polar surface area (TPSA) is 86.7 Å². The van der Waals surface area contributed by atoms with Gasteiger partial charge in [0.05, 0.1) is 11.8 Å². The highest BCUT2D eigenvalue weighted by Crippen LogP contribution is 2.32. The van der Waals surface area contributed by atoms with Crippen molar-refractivity contribution < 1.29 is 19.5 Å². The molecule has 112 valence electrons. The zero-order chi connectivity index (χ0) is 14.7. The summed E-state index contributed by atoms with van der Waals surface area (Å²) in [6, 6.07) is 0.372. The third kappa shape index (κ3) is 3.71. The van der Waals surface area contributed by atoms with Crippen LogP contribution in [0.5, 0.6) is 0 Å². The van der Waals surface area contributed by atoms with Gasteiger partial charge in [-0.3, -0.25) is 14.4 Å². The number of nitrogens with one attached hydrogen (secondary N) is 1. The fourth-order valence-corrected chi connectivity index (χ4v) is 2.53. The zero-order valence-electron chi connectivity index (χ0n) is 11.8. The Kier molecular flexibility index (Phi) is 4.62. The van der Waals surface area contributed by atoms with Gasteiger partial charge in [-0.25, -0.2) is 0 Å². The smallest absolute Gasteiger partial charge is 0.306 e. The highest BCUT2D eigenvalue weighted by Gasteiger charge is 2.41. The van der Waals surface area contributed by atoms with Gasteiger partial charge in [0.25, 0.3) is 0 Å². The third-order valence-corrected chi connectivity index (χ3v) is 4.05. The van der Waals surface area contributed by atoms with Gasteiger partial charge < -0.3 is 15.3 Å². The SMILES string of the molecule is CC(CCCNC(=O)C1CC(=O)N(C2CC2)C1)C(=O)O. The van der Waals surface area contributed by atoms with Crippen molar-refractivity contribution >= 4 is 17.8 Å². The normalized spacial score (nSPS) is 23.8. The van der Waals surface area contributed by atoms with Crippen LogP contribution in [0.2, 0.25) is 0 Å². The van der Waals surface area contributed by atoms with E-state index in [-0.39, 0.29) is 23.7 Å². The molecule has 0 aromatic carbocycles. The number of carbonyl (C=O) groups excluding carboxylic acids is 2. The standard InChI is InChI=1S/C14H22N2O4/c1-9(14(19)20)3-2-6-15-13(18)10-7-12(17)16(8-10)11-4-5-11/h9-11H,2-8H2,1H3,(H,15,18)(H,19,20). The molecule has 1 aliphatic heterocycles. The quantitative estimate of drug-likeness (QED) is 0.670. The van der Waals surface area contributed by atoms with Crippen molar-refractivity contribution in [3.63, 3.8) is 0 Å². The largest absolute Gasteiger partial charge is 0.481 e. The van der Waals surface area contributed by atoms with E-state index in [9.17, 15) is 14.4 Å². The van der Waals surface area contributed by atoms with Crippen LogP contribution in [0.4, 0.5) is 0 Å². The van der Waals surface area contributed by atoms with E-state index in [4.69, 9.17) is 5.11 Å². The summed E-state index contributed by atoms with van der Waals surface area (Å²) in [6.45, 7) is 2.68. The first-order chi connectivity index (χ1) is 9.49.